The highest BCUT2D eigenvalue weighted by atomic mass is 35.5. The third-order valence-corrected chi connectivity index (χ3v) is 6.31. The van der Waals surface area contributed by atoms with Crippen molar-refractivity contribution in [3.05, 3.63) is 58.6 Å². The third kappa shape index (κ3) is 7.59. The van der Waals surface area contributed by atoms with E-state index in [-0.39, 0.29) is 28.9 Å². The normalized spacial score (nSPS) is 12.1. The van der Waals surface area contributed by atoms with Gasteiger partial charge in [0, 0.05) is 11.4 Å². The molecule has 0 saturated carbocycles. The summed E-state index contributed by atoms with van der Waals surface area (Å²) in [5.74, 6) is -0.891. The molecule has 0 spiro atoms. The van der Waals surface area contributed by atoms with Crippen LogP contribution in [0.4, 0.5) is 0 Å². The van der Waals surface area contributed by atoms with E-state index in [0.717, 1.165) is 0 Å². The van der Waals surface area contributed by atoms with Gasteiger partial charge in [-0.1, -0.05) is 29.8 Å². The number of benzene rings is 2. The molecule has 10 nitrogen and oxygen atoms in total. The molecule has 6 N–H and O–H groups in total. The second kappa shape index (κ2) is 11.6. The molecule has 0 heterocycles. The standard InChI is InChI=1S/C20H25ClN4O6S/c1-13-16(21)4-2-5-18(13)32(28,29)25-17(19(26)27)12-14-6-8-15(9-7-14)30-10-3-11-31-24-20(22)23/h2,4-9,17,25H,3,10-12H2,1H3,(H,26,27)(H4,22,23,24). The first-order valence-electron chi connectivity index (χ1n) is 9.53. The molecule has 0 bridgehead atoms. The number of rotatable bonds is 12. The van der Waals surface area contributed by atoms with Crippen LogP contribution in [0.3, 0.4) is 0 Å². The molecule has 12 heteroatoms. The van der Waals surface area contributed by atoms with Gasteiger partial charge in [-0.05, 0) is 53.9 Å². The van der Waals surface area contributed by atoms with Crippen molar-refractivity contribution < 1.29 is 27.9 Å². The zero-order valence-corrected chi connectivity index (χ0v) is 18.9. The lowest BCUT2D eigenvalue weighted by Gasteiger charge is -2.16. The summed E-state index contributed by atoms with van der Waals surface area (Å²) >= 11 is 5.99. The van der Waals surface area contributed by atoms with Gasteiger partial charge in [-0.3, -0.25) is 4.79 Å². The zero-order valence-electron chi connectivity index (χ0n) is 17.3. The summed E-state index contributed by atoms with van der Waals surface area (Å²) in [5, 5.41) is 13.2. The van der Waals surface area contributed by atoms with Gasteiger partial charge in [0.1, 0.15) is 18.4 Å². The number of carboxylic acid groups (broad SMARTS) is 1. The summed E-state index contributed by atoms with van der Waals surface area (Å²) in [4.78, 5) is 16.5. The molecule has 0 saturated heterocycles. The van der Waals surface area contributed by atoms with Gasteiger partial charge in [-0.25, -0.2) is 8.42 Å². The second-order valence-electron chi connectivity index (χ2n) is 6.77. The van der Waals surface area contributed by atoms with Crippen molar-refractivity contribution >= 4 is 33.6 Å². The molecule has 0 radical (unpaired) electrons. The number of hydrogen-bond donors (Lipinski definition) is 4. The summed E-state index contributed by atoms with van der Waals surface area (Å²) in [5.41, 5.74) is 11.2. The first kappa shape index (κ1) is 25.2. The Morgan fingerprint density at radius 2 is 1.88 bits per heavy atom. The number of carbonyl (C=O) groups is 1. The van der Waals surface area contributed by atoms with E-state index >= 15 is 0 Å². The molecular formula is C20H25ClN4O6S. The summed E-state index contributed by atoms with van der Waals surface area (Å²) < 4.78 is 33.2. The minimum absolute atomic E-state index is 0.0548. The Morgan fingerprint density at radius 1 is 1.19 bits per heavy atom. The number of hydrogen-bond acceptors (Lipinski definition) is 6. The van der Waals surface area contributed by atoms with Crippen LogP contribution >= 0.6 is 11.6 Å². The largest absolute Gasteiger partial charge is 0.493 e. The van der Waals surface area contributed by atoms with Crippen LogP contribution in [0.2, 0.25) is 5.02 Å². The fourth-order valence-corrected chi connectivity index (χ4v) is 4.39. The summed E-state index contributed by atoms with van der Waals surface area (Å²) in [6, 6.07) is 9.73. The van der Waals surface area contributed by atoms with Crippen molar-refractivity contribution in [2.45, 2.75) is 30.7 Å². The lowest BCUT2D eigenvalue weighted by molar-refractivity contribution is -0.138. The zero-order chi connectivity index (χ0) is 23.7. The van der Waals surface area contributed by atoms with E-state index in [0.29, 0.717) is 29.9 Å². The van der Waals surface area contributed by atoms with Crippen LogP contribution in [-0.4, -0.2) is 44.7 Å². The van der Waals surface area contributed by atoms with Crippen molar-refractivity contribution in [3.63, 3.8) is 0 Å². The minimum atomic E-state index is -4.09. The third-order valence-electron chi connectivity index (χ3n) is 4.28. The summed E-state index contributed by atoms with van der Waals surface area (Å²) in [6.45, 7) is 2.19. The van der Waals surface area contributed by atoms with E-state index in [9.17, 15) is 18.3 Å². The topological polar surface area (TPSA) is 166 Å². The van der Waals surface area contributed by atoms with Crippen LogP contribution in [0.25, 0.3) is 0 Å². The Balaban J connectivity index is 1.97. The monoisotopic (exact) mass is 484 g/mol. The Morgan fingerprint density at radius 3 is 2.50 bits per heavy atom. The van der Waals surface area contributed by atoms with Crippen molar-refractivity contribution in [2.24, 2.45) is 16.6 Å². The number of nitrogens with two attached hydrogens (primary N) is 2. The number of guanidine groups is 1. The maximum absolute atomic E-state index is 12.7. The van der Waals surface area contributed by atoms with E-state index in [4.69, 9.17) is 32.6 Å². The van der Waals surface area contributed by atoms with Gasteiger partial charge >= 0.3 is 5.97 Å². The Kier molecular flexibility index (Phi) is 9.12. The second-order valence-corrected chi connectivity index (χ2v) is 8.86. The average Bonchev–Trinajstić information content (AvgIpc) is 2.72. The summed E-state index contributed by atoms with van der Waals surface area (Å²) in [7, 11) is -4.09. The van der Waals surface area contributed by atoms with Gasteiger partial charge < -0.3 is 26.1 Å². The molecule has 1 atom stereocenters. The number of oxime groups is 1. The van der Waals surface area contributed by atoms with E-state index < -0.39 is 22.0 Å². The molecule has 2 rings (SSSR count). The summed E-state index contributed by atoms with van der Waals surface area (Å²) in [6.07, 6.45) is 0.491. The number of sulfonamides is 1. The number of carboxylic acids is 1. The number of ether oxygens (including phenoxy) is 1. The Hall–Kier alpha value is -3.02. The van der Waals surface area contributed by atoms with Gasteiger partial charge in [-0.15, -0.1) is 0 Å². The lowest BCUT2D eigenvalue weighted by Crippen LogP contribution is -2.42. The van der Waals surface area contributed by atoms with Gasteiger partial charge in [-0.2, -0.15) is 4.72 Å². The maximum atomic E-state index is 12.7. The highest BCUT2D eigenvalue weighted by Crippen LogP contribution is 2.23. The predicted molar refractivity (Wildman–Crippen MR) is 120 cm³/mol. The van der Waals surface area contributed by atoms with E-state index in [1.807, 2.05) is 0 Å². The number of aliphatic carboxylic acids is 1. The van der Waals surface area contributed by atoms with Gasteiger partial charge in [0.2, 0.25) is 16.0 Å². The molecule has 0 fully saturated rings. The van der Waals surface area contributed by atoms with Gasteiger partial charge in [0.05, 0.1) is 11.5 Å². The maximum Gasteiger partial charge on any atom is 0.322 e. The fraction of sp³-hybridized carbons (Fsp3) is 0.300. The van der Waals surface area contributed by atoms with Crippen LogP contribution in [0.5, 0.6) is 5.75 Å². The Labute approximate surface area is 191 Å². The van der Waals surface area contributed by atoms with Gasteiger partial charge in [0.15, 0.2) is 0 Å². The fourth-order valence-electron chi connectivity index (χ4n) is 2.70. The van der Waals surface area contributed by atoms with Crippen molar-refractivity contribution in [2.75, 3.05) is 13.2 Å². The molecule has 0 aliphatic rings. The molecule has 174 valence electrons. The average molecular weight is 485 g/mol. The molecule has 0 amide bonds. The minimum Gasteiger partial charge on any atom is -0.493 e. The quantitative estimate of drug-likeness (QED) is 0.152. The molecule has 2 aromatic rings. The Bertz CT molecular complexity index is 1060. The molecule has 32 heavy (non-hydrogen) atoms. The number of halogens is 1. The predicted octanol–water partition coefficient (Wildman–Crippen LogP) is 1.60. The lowest BCUT2D eigenvalue weighted by atomic mass is 10.1. The van der Waals surface area contributed by atoms with E-state index in [1.165, 1.54) is 12.1 Å². The highest BCUT2D eigenvalue weighted by molar-refractivity contribution is 7.89. The van der Waals surface area contributed by atoms with Crippen LogP contribution in [0, 0.1) is 6.92 Å². The first-order chi connectivity index (χ1) is 15.1. The van der Waals surface area contributed by atoms with E-state index in [1.54, 1.807) is 37.3 Å². The van der Waals surface area contributed by atoms with Crippen molar-refractivity contribution in [1.29, 1.82) is 0 Å². The number of nitrogens with zero attached hydrogens (tertiary/aromatic N) is 1. The molecule has 1 unspecified atom stereocenters. The number of nitrogens with one attached hydrogen (secondary N) is 1. The smallest absolute Gasteiger partial charge is 0.322 e. The molecule has 2 aromatic carbocycles. The SMILES string of the molecule is Cc1c(Cl)cccc1S(=O)(=O)NC(Cc1ccc(OCCCON=C(N)N)cc1)C(=O)O. The van der Waals surface area contributed by atoms with E-state index in [2.05, 4.69) is 9.88 Å². The molecular weight excluding hydrogens is 460 g/mol. The van der Waals surface area contributed by atoms with Crippen LogP contribution < -0.4 is 20.9 Å². The molecule has 0 aliphatic heterocycles. The van der Waals surface area contributed by atoms with Crippen LogP contribution in [0.1, 0.15) is 17.5 Å². The molecule has 0 aliphatic carbocycles. The highest BCUT2D eigenvalue weighted by Gasteiger charge is 2.27. The van der Waals surface area contributed by atoms with Crippen molar-refractivity contribution in [1.82, 2.24) is 4.72 Å². The van der Waals surface area contributed by atoms with Gasteiger partial charge in [0.25, 0.3) is 0 Å². The first-order valence-corrected chi connectivity index (χ1v) is 11.4. The van der Waals surface area contributed by atoms with Crippen LogP contribution in [-0.2, 0) is 26.1 Å². The van der Waals surface area contributed by atoms with Crippen LogP contribution in [0.15, 0.2) is 52.5 Å². The van der Waals surface area contributed by atoms with Crippen molar-refractivity contribution in [3.8, 4) is 5.75 Å². The molecule has 0 aromatic heterocycles.